The lowest BCUT2D eigenvalue weighted by atomic mass is 10.0. The Morgan fingerprint density at radius 2 is 1.56 bits per heavy atom. The number of carbonyl (C=O) groups excluding carboxylic acids is 1. The topological polar surface area (TPSA) is 103 Å². The van der Waals surface area contributed by atoms with Crippen molar-refractivity contribution in [3.05, 3.63) is 99.9 Å². The number of hydrogen-bond donors (Lipinski definition) is 2. The molecule has 2 aromatic heterocycles. The standard InChI is InChI=1S/C24H18F3N5O2/c1-32-12-14(7-10-19(32)33)21-20(13-5-8-15(25)9-6-13)31-23(28)22(30-21)24(34)29-11-16-17(26)3-2-4-18(16)27/h2-10,12H,11H2,1H3,(H2,28,31)(H,29,34). The third-order valence-corrected chi connectivity index (χ3v) is 5.10. The van der Waals surface area contributed by atoms with Crippen molar-refractivity contribution in [3.8, 4) is 22.5 Å². The van der Waals surface area contributed by atoms with Gasteiger partial charge in [0.25, 0.3) is 5.91 Å². The maximum absolute atomic E-state index is 13.9. The van der Waals surface area contributed by atoms with Crippen molar-refractivity contribution in [3.63, 3.8) is 0 Å². The maximum Gasteiger partial charge on any atom is 0.274 e. The van der Waals surface area contributed by atoms with E-state index in [2.05, 4.69) is 15.3 Å². The predicted molar refractivity (Wildman–Crippen MR) is 120 cm³/mol. The van der Waals surface area contributed by atoms with E-state index in [4.69, 9.17) is 5.73 Å². The first-order valence-corrected chi connectivity index (χ1v) is 10.1. The zero-order chi connectivity index (χ0) is 24.4. The van der Waals surface area contributed by atoms with Crippen molar-refractivity contribution in [2.24, 2.45) is 7.05 Å². The molecule has 0 saturated heterocycles. The summed E-state index contributed by atoms with van der Waals surface area (Å²) in [6.45, 7) is -0.437. The van der Waals surface area contributed by atoms with Gasteiger partial charge in [-0.15, -0.1) is 0 Å². The average molecular weight is 465 g/mol. The Hall–Kier alpha value is -4.47. The molecule has 0 bridgehead atoms. The summed E-state index contributed by atoms with van der Waals surface area (Å²) in [5.41, 5.74) is 6.54. The Morgan fingerprint density at radius 3 is 2.21 bits per heavy atom. The van der Waals surface area contributed by atoms with Crippen LogP contribution in [0.3, 0.4) is 0 Å². The van der Waals surface area contributed by atoms with Gasteiger partial charge in [0.1, 0.15) is 17.5 Å². The zero-order valence-corrected chi connectivity index (χ0v) is 17.8. The Kier molecular flexibility index (Phi) is 6.13. The number of aromatic nitrogens is 3. The van der Waals surface area contributed by atoms with Gasteiger partial charge in [-0.25, -0.2) is 23.1 Å². The van der Waals surface area contributed by atoms with Crippen LogP contribution in [0.25, 0.3) is 22.5 Å². The summed E-state index contributed by atoms with van der Waals surface area (Å²) in [6, 6.07) is 11.6. The summed E-state index contributed by atoms with van der Waals surface area (Å²) < 4.78 is 42.6. The normalized spacial score (nSPS) is 10.8. The minimum absolute atomic E-state index is 0.207. The van der Waals surface area contributed by atoms with Crippen molar-refractivity contribution in [1.29, 1.82) is 0 Å². The summed E-state index contributed by atoms with van der Waals surface area (Å²) in [6.07, 6.45) is 1.51. The number of nitrogens with zero attached hydrogens (tertiary/aromatic N) is 3. The Balaban J connectivity index is 1.78. The van der Waals surface area contributed by atoms with E-state index in [-0.39, 0.29) is 34.0 Å². The lowest BCUT2D eigenvalue weighted by Gasteiger charge is -2.14. The summed E-state index contributed by atoms with van der Waals surface area (Å²) in [4.78, 5) is 33.3. The van der Waals surface area contributed by atoms with E-state index >= 15 is 0 Å². The van der Waals surface area contributed by atoms with Crippen LogP contribution < -0.4 is 16.6 Å². The number of rotatable bonds is 5. The summed E-state index contributed by atoms with van der Waals surface area (Å²) in [7, 11) is 1.55. The van der Waals surface area contributed by atoms with Gasteiger partial charge in [0.05, 0.1) is 11.4 Å². The molecule has 1 amide bonds. The molecule has 172 valence electrons. The molecular formula is C24H18F3N5O2. The highest BCUT2D eigenvalue weighted by Crippen LogP contribution is 2.30. The van der Waals surface area contributed by atoms with Gasteiger partial charge in [0.2, 0.25) is 5.56 Å². The van der Waals surface area contributed by atoms with Gasteiger partial charge < -0.3 is 15.6 Å². The van der Waals surface area contributed by atoms with Crippen LogP contribution in [0.15, 0.2) is 65.6 Å². The Morgan fingerprint density at radius 1 is 0.941 bits per heavy atom. The molecule has 0 aliphatic carbocycles. The number of nitrogens with one attached hydrogen (secondary N) is 1. The van der Waals surface area contributed by atoms with Gasteiger partial charge in [0, 0.05) is 42.5 Å². The molecule has 10 heteroatoms. The fraction of sp³-hybridized carbons (Fsp3) is 0.0833. The number of carbonyl (C=O) groups is 1. The van der Waals surface area contributed by atoms with Gasteiger partial charge in [-0.3, -0.25) is 9.59 Å². The fourth-order valence-electron chi connectivity index (χ4n) is 3.31. The van der Waals surface area contributed by atoms with Crippen molar-refractivity contribution >= 4 is 11.7 Å². The lowest BCUT2D eigenvalue weighted by Crippen LogP contribution is -2.26. The van der Waals surface area contributed by atoms with E-state index in [1.165, 1.54) is 53.2 Å². The van der Waals surface area contributed by atoms with E-state index < -0.39 is 29.9 Å². The highest BCUT2D eigenvalue weighted by molar-refractivity contribution is 5.98. The molecule has 3 N–H and O–H groups in total. The van der Waals surface area contributed by atoms with Crippen LogP contribution in [0.2, 0.25) is 0 Å². The first-order chi connectivity index (χ1) is 16.2. The maximum atomic E-state index is 13.9. The highest BCUT2D eigenvalue weighted by Gasteiger charge is 2.21. The number of amides is 1. The number of hydrogen-bond acceptors (Lipinski definition) is 5. The Labute approximate surface area is 191 Å². The molecule has 0 aliphatic heterocycles. The zero-order valence-electron chi connectivity index (χ0n) is 17.8. The van der Waals surface area contributed by atoms with Crippen LogP contribution >= 0.6 is 0 Å². The predicted octanol–water partition coefficient (Wildman–Crippen LogP) is 3.44. The van der Waals surface area contributed by atoms with Crippen LogP contribution in [0.4, 0.5) is 19.0 Å². The summed E-state index contributed by atoms with van der Waals surface area (Å²) in [5.74, 6) is -3.11. The van der Waals surface area contributed by atoms with Gasteiger partial charge in [0.15, 0.2) is 11.5 Å². The van der Waals surface area contributed by atoms with E-state index in [9.17, 15) is 22.8 Å². The molecule has 7 nitrogen and oxygen atoms in total. The molecule has 4 aromatic rings. The average Bonchev–Trinajstić information content (AvgIpc) is 2.81. The second kappa shape index (κ2) is 9.18. The van der Waals surface area contributed by atoms with Crippen molar-refractivity contribution in [2.75, 3.05) is 5.73 Å². The molecule has 0 saturated carbocycles. The molecule has 34 heavy (non-hydrogen) atoms. The number of benzene rings is 2. The SMILES string of the molecule is Cn1cc(-c2nc(C(=O)NCc3c(F)cccc3F)c(N)nc2-c2ccc(F)cc2)ccc1=O. The molecule has 0 atom stereocenters. The third-order valence-electron chi connectivity index (χ3n) is 5.10. The van der Waals surface area contributed by atoms with Crippen LogP contribution in [0, 0.1) is 17.5 Å². The number of nitrogens with two attached hydrogens (primary N) is 1. The van der Waals surface area contributed by atoms with Crippen LogP contribution in [-0.2, 0) is 13.6 Å². The molecule has 2 heterocycles. The fourth-order valence-corrected chi connectivity index (χ4v) is 3.31. The molecule has 0 spiro atoms. The minimum atomic E-state index is -0.808. The van der Waals surface area contributed by atoms with Gasteiger partial charge >= 0.3 is 0 Å². The van der Waals surface area contributed by atoms with Crippen LogP contribution in [-0.4, -0.2) is 20.4 Å². The molecule has 0 radical (unpaired) electrons. The van der Waals surface area contributed by atoms with Gasteiger partial charge in [-0.05, 0) is 42.5 Å². The lowest BCUT2D eigenvalue weighted by molar-refractivity contribution is 0.0946. The van der Waals surface area contributed by atoms with Gasteiger partial charge in [-0.2, -0.15) is 0 Å². The molecule has 0 fully saturated rings. The molecule has 0 unspecified atom stereocenters. The minimum Gasteiger partial charge on any atom is -0.382 e. The monoisotopic (exact) mass is 465 g/mol. The second-order valence-corrected chi connectivity index (χ2v) is 7.41. The first-order valence-electron chi connectivity index (χ1n) is 10.1. The summed E-state index contributed by atoms with van der Waals surface area (Å²) in [5, 5.41) is 2.40. The third kappa shape index (κ3) is 4.51. The Bertz CT molecular complexity index is 1430. The number of nitrogen functional groups attached to an aromatic ring is 1. The van der Waals surface area contributed by atoms with E-state index in [1.54, 1.807) is 7.05 Å². The quantitative estimate of drug-likeness (QED) is 0.470. The van der Waals surface area contributed by atoms with Crippen LogP contribution in [0.1, 0.15) is 16.1 Å². The van der Waals surface area contributed by atoms with Crippen LogP contribution in [0.5, 0.6) is 0 Å². The second-order valence-electron chi connectivity index (χ2n) is 7.41. The van der Waals surface area contributed by atoms with E-state index in [1.807, 2.05) is 0 Å². The first kappa shape index (κ1) is 22.7. The summed E-state index contributed by atoms with van der Waals surface area (Å²) >= 11 is 0. The molecular weight excluding hydrogens is 447 g/mol. The molecule has 2 aromatic carbocycles. The van der Waals surface area contributed by atoms with Gasteiger partial charge in [-0.1, -0.05) is 6.07 Å². The number of aryl methyl sites for hydroxylation is 1. The van der Waals surface area contributed by atoms with Crippen molar-refractivity contribution < 1.29 is 18.0 Å². The smallest absolute Gasteiger partial charge is 0.274 e. The number of pyridine rings is 1. The highest BCUT2D eigenvalue weighted by atomic mass is 19.1. The van der Waals surface area contributed by atoms with Crippen molar-refractivity contribution in [1.82, 2.24) is 19.9 Å². The number of anilines is 1. The molecule has 0 aliphatic rings. The number of halogens is 3. The molecule has 4 rings (SSSR count). The largest absolute Gasteiger partial charge is 0.382 e. The van der Waals surface area contributed by atoms with Crippen molar-refractivity contribution in [2.45, 2.75) is 6.54 Å². The van der Waals surface area contributed by atoms with E-state index in [0.29, 0.717) is 11.1 Å². The van der Waals surface area contributed by atoms with E-state index in [0.717, 1.165) is 12.1 Å².